The van der Waals surface area contributed by atoms with Gasteiger partial charge in [0.15, 0.2) is 0 Å². The van der Waals surface area contributed by atoms with Gasteiger partial charge in [-0.3, -0.25) is 0 Å². The quantitative estimate of drug-likeness (QED) is 0.179. The minimum absolute atomic E-state index is 1.08. The lowest BCUT2D eigenvalue weighted by atomic mass is 9.97. The van der Waals surface area contributed by atoms with E-state index in [1.165, 1.54) is 66.3 Å². The van der Waals surface area contributed by atoms with Gasteiger partial charge in [-0.15, -0.1) is 0 Å². The van der Waals surface area contributed by atoms with Gasteiger partial charge in [0.25, 0.3) is 0 Å². The molecule has 0 aliphatic carbocycles. The number of aromatic nitrogens is 1. The minimum Gasteiger partial charge on any atom is -0.309 e. The maximum absolute atomic E-state index is 3.63. The van der Waals surface area contributed by atoms with E-state index in [4.69, 9.17) is 0 Å². The van der Waals surface area contributed by atoms with Gasteiger partial charge in [0.2, 0.25) is 0 Å². The molecular weight excluding hydrogens is 598 g/mol. The average molecular weight is 627 g/mol. The Labute approximate surface area is 265 Å². The summed E-state index contributed by atoms with van der Waals surface area (Å²) >= 11 is 3.63. The first-order chi connectivity index (χ1) is 21.7. The van der Waals surface area contributed by atoms with Crippen molar-refractivity contribution in [3.8, 4) is 50.2 Å². The van der Waals surface area contributed by atoms with Crippen molar-refractivity contribution in [1.29, 1.82) is 0 Å². The average Bonchev–Trinajstić information content (AvgIpc) is 3.42. The molecule has 8 aromatic rings. The van der Waals surface area contributed by atoms with Crippen LogP contribution in [-0.2, 0) is 0 Å². The third-order valence-corrected chi connectivity index (χ3v) is 8.95. The van der Waals surface area contributed by atoms with E-state index in [2.05, 4.69) is 190 Å². The fourth-order valence-corrected chi connectivity index (χ4v) is 6.67. The summed E-state index contributed by atoms with van der Waals surface area (Å²) in [6, 6.07) is 61.2. The molecule has 1 heterocycles. The first kappa shape index (κ1) is 26.4. The lowest BCUT2D eigenvalue weighted by Crippen LogP contribution is -1.94. The SMILES string of the molecule is Brc1cccc(-c2cccc(-c3ccc4c(c3)c3cc(-c5ccccc5)ccc3n4-c3ccc(-c4ccccc4)cc3)c2)c1. The molecule has 0 saturated carbocycles. The van der Waals surface area contributed by atoms with Gasteiger partial charge in [0.1, 0.15) is 0 Å². The zero-order valence-corrected chi connectivity index (χ0v) is 25.6. The summed E-state index contributed by atoms with van der Waals surface area (Å²) in [7, 11) is 0. The summed E-state index contributed by atoms with van der Waals surface area (Å²) in [5, 5.41) is 2.49. The van der Waals surface area contributed by atoms with Crippen LogP contribution in [0.3, 0.4) is 0 Å². The molecule has 2 heteroatoms. The Kier molecular flexibility index (Phi) is 6.70. The number of benzene rings is 7. The maximum atomic E-state index is 3.63. The highest BCUT2D eigenvalue weighted by molar-refractivity contribution is 9.10. The normalized spacial score (nSPS) is 11.3. The second kappa shape index (κ2) is 11.1. The second-order valence-corrected chi connectivity index (χ2v) is 12.1. The van der Waals surface area contributed by atoms with E-state index in [0.717, 1.165) is 10.2 Å². The summed E-state index contributed by atoms with van der Waals surface area (Å²) in [6.45, 7) is 0. The van der Waals surface area contributed by atoms with Crippen LogP contribution < -0.4 is 0 Å². The summed E-state index contributed by atoms with van der Waals surface area (Å²) in [4.78, 5) is 0. The van der Waals surface area contributed by atoms with Crippen molar-refractivity contribution in [3.05, 3.63) is 174 Å². The maximum Gasteiger partial charge on any atom is 0.0541 e. The fourth-order valence-electron chi connectivity index (χ4n) is 6.27. The Bertz CT molecular complexity index is 2260. The number of nitrogens with zero attached hydrogens (tertiary/aromatic N) is 1. The van der Waals surface area contributed by atoms with E-state index in [-0.39, 0.29) is 0 Å². The highest BCUT2D eigenvalue weighted by atomic mass is 79.9. The molecule has 0 aliphatic heterocycles. The smallest absolute Gasteiger partial charge is 0.0541 e. The zero-order valence-electron chi connectivity index (χ0n) is 24.0. The van der Waals surface area contributed by atoms with Gasteiger partial charge >= 0.3 is 0 Å². The van der Waals surface area contributed by atoms with E-state index < -0.39 is 0 Å². The van der Waals surface area contributed by atoms with Crippen molar-refractivity contribution in [3.63, 3.8) is 0 Å². The molecule has 0 spiro atoms. The molecule has 1 aromatic heterocycles. The van der Waals surface area contributed by atoms with Crippen LogP contribution >= 0.6 is 15.9 Å². The molecule has 8 rings (SSSR count). The molecule has 0 bridgehead atoms. The number of fused-ring (bicyclic) bond motifs is 3. The molecule has 0 atom stereocenters. The van der Waals surface area contributed by atoms with Crippen molar-refractivity contribution in [1.82, 2.24) is 4.57 Å². The number of hydrogen-bond acceptors (Lipinski definition) is 0. The van der Waals surface area contributed by atoms with E-state index in [9.17, 15) is 0 Å². The van der Waals surface area contributed by atoms with Gasteiger partial charge < -0.3 is 4.57 Å². The standard InChI is InChI=1S/C42H28BrN/c43-37-16-8-15-34(26-37)32-13-7-14-33(25-32)36-20-24-42-40(28-36)39-27-35(30-11-5-2-6-12-30)19-23-41(39)44(42)38-21-17-31(18-22-38)29-9-3-1-4-10-29/h1-28H. The Morgan fingerprint density at radius 3 is 1.30 bits per heavy atom. The lowest BCUT2D eigenvalue weighted by Gasteiger charge is -2.10. The predicted octanol–water partition coefficient (Wildman–Crippen LogP) is 12.2. The molecule has 1 nitrogen and oxygen atoms in total. The Morgan fingerprint density at radius 2 is 0.727 bits per heavy atom. The Hall–Kier alpha value is -5.18. The van der Waals surface area contributed by atoms with Gasteiger partial charge in [-0.05, 0) is 99.1 Å². The molecule has 208 valence electrons. The van der Waals surface area contributed by atoms with Gasteiger partial charge in [-0.1, -0.05) is 131 Å². The molecule has 7 aromatic carbocycles. The van der Waals surface area contributed by atoms with E-state index in [1.807, 2.05) is 0 Å². The van der Waals surface area contributed by atoms with Crippen molar-refractivity contribution >= 4 is 37.7 Å². The van der Waals surface area contributed by atoms with Crippen LogP contribution in [0.25, 0.3) is 72.0 Å². The van der Waals surface area contributed by atoms with Crippen LogP contribution in [0.1, 0.15) is 0 Å². The third-order valence-electron chi connectivity index (χ3n) is 8.46. The fraction of sp³-hybridized carbons (Fsp3) is 0. The highest BCUT2D eigenvalue weighted by Gasteiger charge is 2.15. The molecule has 0 unspecified atom stereocenters. The molecule has 0 amide bonds. The summed E-state index contributed by atoms with van der Waals surface area (Å²) in [5.41, 5.74) is 13.3. The van der Waals surface area contributed by atoms with Gasteiger partial charge in [0, 0.05) is 20.9 Å². The van der Waals surface area contributed by atoms with Crippen LogP contribution in [0.2, 0.25) is 0 Å². The largest absolute Gasteiger partial charge is 0.309 e. The molecule has 0 fully saturated rings. The molecule has 0 aliphatic rings. The van der Waals surface area contributed by atoms with Gasteiger partial charge in [-0.25, -0.2) is 0 Å². The third kappa shape index (κ3) is 4.84. The molecule has 0 radical (unpaired) electrons. The molecule has 44 heavy (non-hydrogen) atoms. The predicted molar refractivity (Wildman–Crippen MR) is 190 cm³/mol. The second-order valence-electron chi connectivity index (χ2n) is 11.2. The zero-order chi connectivity index (χ0) is 29.5. The van der Waals surface area contributed by atoms with E-state index in [0.29, 0.717) is 0 Å². The van der Waals surface area contributed by atoms with Crippen molar-refractivity contribution in [2.75, 3.05) is 0 Å². The van der Waals surface area contributed by atoms with E-state index >= 15 is 0 Å². The Morgan fingerprint density at radius 1 is 0.318 bits per heavy atom. The van der Waals surface area contributed by atoms with Crippen LogP contribution in [0.4, 0.5) is 0 Å². The highest BCUT2D eigenvalue weighted by Crippen LogP contribution is 2.38. The first-order valence-electron chi connectivity index (χ1n) is 14.9. The van der Waals surface area contributed by atoms with Crippen LogP contribution in [-0.4, -0.2) is 4.57 Å². The van der Waals surface area contributed by atoms with Crippen LogP contribution in [0.5, 0.6) is 0 Å². The number of halogens is 1. The van der Waals surface area contributed by atoms with Gasteiger partial charge in [-0.2, -0.15) is 0 Å². The van der Waals surface area contributed by atoms with E-state index in [1.54, 1.807) is 0 Å². The van der Waals surface area contributed by atoms with Crippen molar-refractivity contribution in [2.45, 2.75) is 0 Å². The van der Waals surface area contributed by atoms with Gasteiger partial charge in [0.05, 0.1) is 11.0 Å². The van der Waals surface area contributed by atoms with Crippen molar-refractivity contribution < 1.29 is 0 Å². The number of rotatable bonds is 5. The summed E-state index contributed by atoms with van der Waals surface area (Å²) in [6.07, 6.45) is 0. The summed E-state index contributed by atoms with van der Waals surface area (Å²) in [5.74, 6) is 0. The lowest BCUT2D eigenvalue weighted by molar-refractivity contribution is 1.18. The summed E-state index contributed by atoms with van der Waals surface area (Å²) < 4.78 is 3.48. The topological polar surface area (TPSA) is 4.93 Å². The Balaban J connectivity index is 1.30. The first-order valence-corrected chi connectivity index (χ1v) is 15.7. The minimum atomic E-state index is 1.08. The molecule has 0 N–H and O–H groups in total. The van der Waals surface area contributed by atoms with Crippen molar-refractivity contribution in [2.24, 2.45) is 0 Å². The molecular formula is C42H28BrN. The number of hydrogen-bond donors (Lipinski definition) is 0. The molecule has 0 saturated heterocycles. The monoisotopic (exact) mass is 625 g/mol. The van der Waals surface area contributed by atoms with Crippen LogP contribution in [0.15, 0.2) is 174 Å². The van der Waals surface area contributed by atoms with Crippen LogP contribution in [0, 0.1) is 0 Å².